The van der Waals surface area contributed by atoms with Crippen LogP contribution < -0.4 is 0 Å². The molecular weight excluding hydrogens is 211 g/mol. The first-order valence-electron chi connectivity index (χ1n) is 4.97. The Morgan fingerprint density at radius 2 is 2.06 bits per heavy atom. The molecule has 1 rings (SSSR count). The van der Waals surface area contributed by atoms with Crippen LogP contribution in [-0.4, -0.2) is 16.7 Å². The van der Waals surface area contributed by atoms with Crippen LogP contribution in [0.25, 0.3) is 0 Å². The molecule has 1 aromatic carbocycles. The number of hydrogen-bond acceptors (Lipinski definition) is 3. The monoisotopic (exact) mass is 226 g/mol. The van der Waals surface area contributed by atoms with Gasteiger partial charge in [0, 0.05) is 6.07 Å². The predicted molar refractivity (Wildman–Crippen MR) is 57.6 cm³/mol. The molecule has 0 saturated carbocycles. The average molecular weight is 226 g/mol. The van der Waals surface area contributed by atoms with Crippen molar-refractivity contribution in [1.82, 2.24) is 0 Å². The summed E-state index contributed by atoms with van der Waals surface area (Å²) in [5.74, 6) is -1.26. The number of benzene rings is 1. The lowest BCUT2D eigenvalue weighted by Gasteiger charge is -2.19. The van der Waals surface area contributed by atoms with Gasteiger partial charge in [-0.3, -0.25) is 4.79 Å². The van der Waals surface area contributed by atoms with Crippen LogP contribution in [0.2, 0.25) is 0 Å². The number of phenolic OH excluding ortho intramolecular Hbond substituents is 1. The van der Waals surface area contributed by atoms with Crippen LogP contribution in [0.5, 0.6) is 5.75 Å². The Hall–Kier alpha value is -1.58. The second-order valence-electron chi connectivity index (χ2n) is 4.54. The van der Waals surface area contributed by atoms with Gasteiger partial charge in [0.25, 0.3) is 0 Å². The van der Waals surface area contributed by atoms with Crippen molar-refractivity contribution in [3.63, 3.8) is 0 Å². The third kappa shape index (κ3) is 3.88. The van der Waals surface area contributed by atoms with E-state index in [9.17, 15) is 9.18 Å². The van der Waals surface area contributed by atoms with Crippen molar-refractivity contribution < 1.29 is 19.0 Å². The van der Waals surface area contributed by atoms with Crippen molar-refractivity contribution in [2.24, 2.45) is 0 Å². The van der Waals surface area contributed by atoms with E-state index < -0.39 is 17.4 Å². The minimum Gasteiger partial charge on any atom is -0.508 e. The first kappa shape index (κ1) is 12.5. The summed E-state index contributed by atoms with van der Waals surface area (Å²) >= 11 is 0. The lowest BCUT2D eigenvalue weighted by atomic mass is 10.1. The van der Waals surface area contributed by atoms with Gasteiger partial charge in [-0.05, 0) is 32.4 Å². The minimum absolute atomic E-state index is 0.136. The molecule has 0 aliphatic carbocycles. The van der Waals surface area contributed by atoms with E-state index in [0.29, 0.717) is 0 Å². The molecule has 0 bridgehead atoms. The normalized spacial score (nSPS) is 11.2. The molecular formula is C12H15FO3. The predicted octanol–water partition coefficient (Wildman–Crippen LogP) is 2.42. The van der Waals surface area contributed by atoms with Crippen LogP contribution in [0.1, 0.15) is 26.3 Å². The van der Waals surface area contributed by atoms with E-state index in [1.807, 2.05) is 0 Å². The average Bonchev–Trinajstić information content (AvgIpc) is 2.06. The van der Waals surface area contributed by atoms with Gasteiger partial charge in [-0.1, -0.05) is 6.07 Å². The van der Waals surface area contributed by atoms with Gasteiger partial charge in [0.1, 0.15) is 17.2 Å². The van der Waals surface area contributed by atoms with E-state index in [-0.39, 0.29) is 17.7 Å². The third-order valence-corrected chi connectivity index (χ3v) is 1.79. The lowest BCUT2D eigenvalue weighted by Crippen LogP contribution is -2.25. The lowest BCUT2D eigenvalue weighted by molar-refractivity contribution is -0.153. The fourth-order valence-corrected chi connectivity index (χ4v) is 1.21. The molecule has 0 saturated heterocycles. The molecule has 0 radical (unpaired) electrons. The zero-order valence-corrected chi connectivity index (χ0v) is 9.58. The number of halogens is 1. The standard InChI is InChI=1S/C12H15FO3/c1-12(2,3)16-11(15)6-8-4-5-9(14)7-10(8)13/h4-5,7,14H,6H2,1-3H3. The Bertz CT molecular complexity index is 394. The van der Waals surface area contributed by atoms with Gasteiger partial charge in [0.15, 0.2) is 0 Å². The fraction of sp³-hybridized carbons (Fsp3) is 0.417. The molecule has 0 fully saturated rings. The molecule has 0 unspecified atom stereocenters. The van der Waals surface area contributed by atoms with E-state index in [4.69, 9.17) is 9.84 Å². The van der Waals surface area contributed by atoms with Gasteiger partial charge in [0.05, 0.1) is 6.42 Å². The Morgan fingerprint density at radius 1 is 1.44 bits per heavy atom. The molecule has 4 heteroatoms. The molecule has 1 N–H and O–H groups in total. The molecule has 0 atom stereocenters. The van der Waals surface area contributed by atoms with Crippen LogP contribution in [-0.2, 0) is 16.0 Å². The molecule has 3 nitrogen and oxygen atoms in total. The zero-order valence-electron chi connectivity index (χ0n) is 9.58. The van der Waals surface area contributed by atoms with Gasteiger partial charge in [0.2, 0.25) is 0 Å². The van der Waals surface area contributed by atoms with E-state index in [2.05, 4.69) is 0 Å². The first-order valence-corrected chi connectivity index (χ1v) is 4.97. The molecule has 0 amide bonds. The van der Waals surface area contributed by atoms with Crippen molar-refractivity contribution in [3.8, 4) is 5.75 Å². The highest BCUT2D eigenvalue weighted by molar-refractivity contribution is 5.73. The second kappa shape index (κ2) is 4.51. The van der Waals surface area contributed by atoms with E-state index in [0.717, 1.165) is 6.07 Å². The summed E-state index contributed by atoms with van der Waals surface area (Å²) in [7, 11) is 0. The van der Waals surface area contributed by atoms with Crippen LogP contribution in [0.4, 0.5) is 4.39 Å². The summed E-state index contributed by atoms with van der Waals surface area (Å²) in [4.78, 5) is 11.4. The fourth-order valence-electron chi connectivity index (χ4n) is 1.21. The number of esters is 1. The van der Waals surface area contributed by atoms with Crippen molar-refractivity contribution in [2.45, 2.75) is 32.8 Å². The van der Waals surface area contributed by atoms with Gasteiger partial charge in [-0.2, -0.15) is 0 Å². The van der Waals surface area contributed by atoms with Gasteiger partial charge in [-0.15, -0.1) is 0 Å². The van der Waals surface area contributed by atoms with Crippen molar-refractivity contribution >= 4 is 5.97 Å². The summed E-state index contributed by atoms with van der Waals surface area (Å²) in [6.45, 7) is 5.24. The number of rotatable bonds is 2. The number of phenols is 1. The Labute approximate surface area is 93.9 Å². The molecule has 88 valence electrons. The smallest absolute Gasteiger partial charge is 0.310 e. The summed E-state index contributed by atoms with van der Waals surface area (Å²) in [5.41, 5.74) is -0.364. The van der Waals surface area contributed by atoms with Gasteiger partial charge >= 0.3 is 5.97 Å². The van der Waals surface area contributed by atoms with Crippen molar-refractivity contribution in [1.29, 1.82) is 0 Å². The highest BCUT2D eigenvalue weighted by Crippen LogP contribution is 2.17. The molecule has 0 aliphatic rings. The maximum atomic E-state index is 13.3. The number of hydrogen-bond donors (Lipinski definition) is 1. The van der Waals surface area contributed by atoms with E-state index >= 15 is 0 Å². The maximum absolute atomic E-state index is 13.3. The first-order chi connectivity index (χ1) is 7.28. The molecule has 16 heavy (non-hydrogen) atoms. The molecule has 1 aromatic rings. The number of ether oxygens (including phenoxy) is 1. The summed E-state index contributed by atoms with van der Waals surface area (Å²) in [5, 5.41) is 9.00. The zero-order chi connectivity index (χ0) is 12.3. The Balaban J connectivity index is 2.70. The highest BCUT2D eigenvalue weighted by Gasteiger charge is 2.17. The topological polar surface area (TPSA) is 46.5 Å². The molecule has 0 spiro atoms. The molecule has 0 heterocycles. The number of aromatic hydroxyl groups is 1. The molecule has 0 aromatic heterocycles. The largest absolute Gasteiger partial charge is 0.508 e. The molecule has 0 aliphatic heterocycles. The Kier molecular flexibility index (Phi) is 3.52. The maximum Gasteiger partial charge on any atom is 0.310 e. The SMILES string of the molecule is CC(C)(C)OC(=O)Cc1ccc(O)cc1F. The summed E-state index contributed by atoms with van der Waals surface area (Å²) in [6.07, 6.45) is -0.136. The summed E-state index contributed by atoms with van der Waals surface area (Å²) in [6, 6.07) is 3.68. The van der Waals surface area contributed by atoms with Crippen LogP contribution in [0, 0.1) is 5.82 Å². The van der Waals surface area contributed by atoms with E-state index in [1.165, 1.54) is 12.1 Å². The number of carbonyl (C=O) groups excluding carboxylic acids is 1. The van der Waals surface area contributed by atoms with Crippen molar-refractivity contribution in [2.75, 3.05) is 0 Å². The highest BCUT2D eigenvalue weighted by atomic mass is 19.1. The van der Waals surface area contributed by atoms with Crippen LogP contribution >= 0.6 is 0 Å². The van der Waals surface area contributed by atoms with Crippen molar-refractivity contribution in [3.05, 3.63) is 29.6 Å². The quantitative estimate of drug-likeness (QED) is 0.788. The van der Waals surface area contributed by atoms with Gasteiger partial charge < -0.3 is 9.84 Å². The van der Waals surface area contributed by atoms with Gasteiger partial charge in [-0.25, -0.2) is 4.39 Å². The summed E-state index contributed by atoms with van der Waals surface area (Å²) < 4.78 is 18.3. The Morgan fingerprint density at radius 3 is 2.56 bits per heavy atom. The minimum atomic E-state index is -0.606. The van der Waals surface area contributed by atoms with Crippen LogP contribution in [0.15, 0.2) is 18.2 Å². The van der Waals surface area contributed by atoms with E-state index in [1.54, 1.807) is 20.8 Å². The second-order valence-corrected chi connectivity index (χ2v) is 4.54. The third-order valence-electron chi connectivity index (χ3n) is 1.79. The number of carbonyl (C=O) groups is 1. The van der Waals surface area contributed by atoms with Crippen LogP contribution in [0.3, 0.4) is 0 Å².